The fourth-order valence-electron chi connectivity index (χ4n) is 2.64. The summed E-state index contributed by atoms with van der Waals surface area (Å²) in [6, 6.07) is 7.12. The van der Waals surface area contributed by atoms with Crippen molar-refractivity contribution in [3.8, 4) is 0 Å². The topological polar surface area (TPSA) is 64.7 Å². The first-order chi connectivity index (χ1) is 10.1. The first-order valence-corrected chi connectivity index (χ1v) is 7.05. The number of morpholine rings is 1. The van der Waals surface area contributed by atoms with Crippen LogP contribution < -0.4 is 5.76 Å². The molecule has 2 heterocycles. The van der Waals surface area contributed by atoms with E-state index in [1.54, 1.807) is 23.1 Å². The Kier molecular flexibility index (Phi) is 3.55. The number of amides is 1. The van der Waals surface area contributed by atoms with Crippen LogP contribution in [0.3, 0.4) is 0 Å². The van der Waals surface area contributed by atoms with E-state index >= 15 is 0 Å². The Balaban J connectivity index is 1.86. The Bertz CT molecular complexity index is 718. The highest BCUT2D eigenvalue weighted by Gasteiger charge is 2.28. The molecule has 1 aromatic heterocycles. The normalized spacial score (nSPS) is 22.7. The third-order valence-corrected chi connectivity index (χ3v) is 3.80. The van der Waals surface area contributed by atoms with Crippen molar-refractivity contribution >= 4 is 17.0 Å². The smallest absolute Gasteiger partial charge is 0.408 e. The molecular weight excluding hydrogens is 272 g/mol. The fraction of sp³-hybridized carbons (Fsp3) is 0.467. The number of carbonyl (C=O) groups is 1. The molecular formula is C15H18N2O4. The molecule has 1 amide bonds. The molecule has 3 rings (SSSR count). The number of fused-ring (bicyclic) bond motifs is 1. The number of aromatic nitrogens is 1. The Hall–Kier alpha value is -2.08. The minimum atomic E-state index is -0.501. The number of oxazole rings is 1. The van der Waals surface area contributed by atoms with Gasteiger partial charge in [0.1, 0.15) is 6.54 Å². The molecule has 0 spiro atoms. The molecule has 0 N–H and O–H groups in total. The summed E-state index contributed by atoms with van der Waals surface area (Å²) in [7, 11) is 0. The molecule has 0 bridgehead atoms. The Morgan fingerprint density at radius 1 is 1.33 bits per heavy atom. The van der Waals surface area contributed by atoms with Crippen molar-refractivity contribution in [2.45, 2.75) is 32.5 Å². The maximum absolute atomic E-state index is 12.5. The number of para-hydroxylation sites is 2. The molecule has 2 atom stereocenters. The summed E-state index contributed by atoms with van der Waals surface area (Å²) in [5.74, 6) is -0.593. The number of rotatable bonds is 2. The quantitative estimate of drug-likeness (QED) is 0.834. The largest absolute Gasteiger partial charge is 0.420 e. The van der Waals surface area contributed by atoms with Crippen LogP contribution in [0.1, 0.15) is 13.8 Å². The lowest BCUT2D eigenvalue weighted by atomic mass is 10.2. The van der Waals surface area contributed by atoms with Crippen LogP contribution in [-0.2, 0) is 16.1 Å². The molecule has 1 fully saturated rings. The fourth-order valence-corrected chi connectivity index (χ4v) is 2.64. The number of benzene rings is 1. The third-order valence-electron chi connectivity index (χ3n) is 3.80. The summed E-state index contributed by atoms with van der Waals surface area (Å²) in [6.07, 6.45) is 0.0166. The van der Waals surface area contributed by atoms with Gasteiger partial charge in [-0.05, 0) is 26.0 Å². The van der Waals surface area contributed by atoms with E-state index in [1.165, 1.54) is 4.57 Å². The molecule has 1 aliphatic heterocycles. The van der Waals surface area contributed by atoms with Gasteiger partial charge in [0.15, 0.2) is 5.58 Å². The highest BCUT2D eigenvalue weighted by atomic mass is 16.5. The van der Waals surface area contributed by atoms with Crippen LogP contribution in [0.5, 0.6) is 0 Å². The Morgan fingerprint density at radius 3 is 2.90 bits per heavy atom. The third kappa shape index (κ3) is 2.58. The highest BCUT2D eigenvalue weighted by molar-refractivity contribution is 5.80. The van der Waals surface area contributed by atoms with Crippen molar-refractivity contribution in [2.75, 3.05) is 13.2 Å². The van der Waals surface area contributed by atoms with Gasteiger partial charge in [-0.2, -0.15) is 0 Å². The first kappa shape index (κ1) is 13.9. The zero-order valence-corrected chi connectivity index (χ0v) is 12.1. The van der Waals surface area contributed by atoms with Gasteiger partial charge >= 0.3 is 5.76 Å². The lowest BCUT2D eigenvalue weighted by Crippen LogP contribution is -2.51. The van der Waals surface area contributed by atoms with Crippen molar-refractivity contribution in [1.82, 2.24) is 9.47 Å². The van der Waals surface area contributed by atoms with Crippen molar-refractivity contribution in [3.63, 3.8) is 0 Å². The van der Waals surface area contributed by atoms with Crippen LogP contribution in [0, 0.1) is 0 Å². The van der Waals surface area contributed by atoms with Crippen LogP contribution >= 0.6 is 0 Å². The van der Waals surface area contributed by atoms with Gasteiger partial charge in [0, 0.05) is 6.54 Å². The molecule has 1 aromatic carbocycles. The van der Waals surface area contributed by atoms with Gasteiger partial charge < -0.3 is 14.1 Å². The Morgan fingerprint density at radius 2 is 2.10 bits per heavy atom. The molecule has 21 heavy (non-hydrogen) atoms. The molecule has 6 nitrogen and oxygen atoms in total. The maximum Gasteiger partial charge on any atom is 0.420 e. The van der Waals surface area contributed by atoms with Gasteiger partial charge in [0.05, 0.1) is 24.3 Å². The van der Waals surface area contributed by atoms with Crippen LogP contribution in [0.25, 0.3) is 11.1 Å². The van der Waals surface area contributed by atoms with E-state index in [-0.39, 0.29) is 24.6 Å². The second kappa shape index (κ2) is 5.37. The second-order valence-electron chi connectivity index (χ2n) is 5.46. The zero-order chi connectivity index (χ0) is 15.0. The monoisotopic (exact) mass is 290 g/mol. The summed E-state index contributed by atoms with van der Waals surface area (Å²) < 4.78 is 12.0. The van der Waals surface area contributed by atoms with Gasteiger partial charge in [-0.25, -0.2) is 4.79 Å². The lowest BCUT2D eigenvalue weighted by molar-refractivity contribution is -0.143. The van der Waals surface area contributed by atoms with E-state index < -0.39 is 5.76 Å². The highest BCUT2D eigenvalue weighted by Crippen LogP contribution is 2.15. The van der Waals surface area contributed by atoms with E-state index in [1.807, 2.05) is 19.9 Å². The average Bonchev–Trinajstić information content (AvgIpc) is 2.78. The van der Waals surface area contributed by atoms with E-state index in [2.05, 4.69) is 0 Å². The number of ether oxygens (including phenoxy) is 1. The Labute approximate surface area is 121 Å². The van der Waals surface area contributed by atoms with Crippen molar-refractivity contribution in [1.29, 1.82) is 0 Å². The van der Waals surface area contributed by atoms with Crippen LogP contribution in [0.4, 0.5) is 0 Å². The van der Waals surface area contributed by atoms with Gasteiger partial charge in [0.2, 0.25) is 5.91 Å². The predicted molar refractivity (Wildman–Crippen MR) is 77.1 cm³/mol. The predicted octanol–water partition coefficient (Wildman–Crippen LogP) is 1.23. The van der Waals surface area contributed by atoms with E-state index in [4.69, 9.17) is 9.15 Å². The van der Waals surface area contributed by atoms with Crippen LogP contribution in [-0.4, -0.2) is 40.7 Å². The van der Waals surface area contributed by atoms with Crippen molar-refractivity contribution < 1.29 is 13.9 Å². The zero-order valence-electron chi connectivity index (χ0n) is 12.1. The van der Waals surface area contributed by atoms with E-state index in [0.717, 1.165) is 0 Å². The van der Waals surface area contributed by atoms with Gasteiger partial charge in [0.25, 0.3) is 0 Å². The lowest BCUT2D eigenvalue weighted by Gasteiger charge is -2.36. The second-order valence-corrected chi connectivity index (χ2v) is 5.46. The van der Waals surface area contributed by atoms with Gasteiger partial charge in [-0.3, -0.25) is 9.36 Å². The summed E-state index contributed by atoms with van der Waals surface area (Å²) in [6.45, 7) is 4.94. The number of hydrogen-bond donors (Lipinski definition) is 0. The van der Waals surface area contributed by atoms with Gasteiger partial charge in [-0.15, -0.1) is 0 Å². The van der Waals surface area contributed by atoms with Crippen molar-refractivity contribution in [2.24, 2.45) is 0 Å². The standard InChI is InChI=1S/C15H18N2O4/c1-10-9-20-11(2)7-16(10)14(18)8-17-12-5-3-4-6-13(12)21-15(17)19/h3-6,10-11H,7-9H2,1-2H3. The number of hydrogen-bond acceptors (Lipinski definition) is 4. The summed E-state index contributed by atoms with van der Waals surface area (Å²) >= 11 is 0. The number of nitrogens with zero attached hydrogens (tertiary/aromatic N) is 2. The molecule has 2 unspecified atom stereocenters. The van der Waals surface area contributed by atoms with E-state index in [0.29, 0.717) is 24.3 Å². The minimum Gasteiger partial charge on any atom is -0.408 e. The summed E-state index contributed by atoms with van der Waals surface area (Å²) in [5.41, 5.74) is 1.14. The molecule has 0 aliphatic carbocycles. The minimum absolute atomic E-state index is 0.00704. The number of carbonyl (C=O) groups excluding carboxylic acids is 1. The summed E-state index contributed by atoms with van der Waals surface area (Å²) in [5, 5.41) is 0. The molecule has 1 aliphatic rings. The van der Waals surface area contributed by atoms with Crippen molar-refractivity contribution in [3.05, 3.63) is 34.8 Å². The maximum atomic E-state index is 12.5. The molecule has 1 saturated heterocycles. The molecule has 6 heteroatoms. The van der Waals surface area contributed by atoms with Gasteiger partial charge in [-0.1, -0.05) is 12.1 Å². The van der Waals surface area contributed by atoms with Crippen LogP contribution in [0.2, 0.25) is 0 Å². The molecule has 2 aromatic rings. The average molecular weight is 290 g/mol. The van der Waals surface area contributed by atoms with Crippen LogP contribution in [0.15, 0.2) is 33.5 Å². The molecule has 0 saturated carbocycles. The molecule has 112 valence electrons. The summed E-state index contributed by atoms with van der Waals surface area (Å²) in [4.78, 5) is 26.2. The SMILES string of the molecule is CC1CN(C(=O)Cn2c(=O)oc3ccccc32)C(C)CO1. The van der Waals surface area contributed by atoms with E-state index in [9.17, 15) is 9.59 Å². The molecule has 0 radical (unpaired) electrons. The first-order valence-electron chi connectivity index (χ1n) is 7.05.